The Balaban J connectivity index is 1.68. The molecule has 1 aromatic heterocycles. The average molecular weight is 406 g/mol. The Morgan fingerprint density at radius 1 is 1.07 bits per heavy atom. The molecule has 0 atom stereocenters. The molecule has 1 amide bonds. The smallest absolute Gasteiger partial charge is 0.339 e. The monoisotopic (exact) mass is 406 g/mol. The van der Waals surface area contributed by atoms with E-state index in [4.69, 9.17) is 4.74 Å². The summed E-state index contributed by atoms with van der Waals surface area (Å²) in [6.45, 7) is 4.76. The molecule has 2 aromatic carbocycles. The molecule has 0 bridgehead atoms. The van der Waals surface area contributed by atoms with Crippen molar-refractivity contribution >= 4 is 17.6 Å². The number of para-hydroxylation sites is 2. The zero-order chi connectivity index (χ0) is 21.7. The van der Waals surface area contributed by atoms with Crippen LogP contribution in [0.4, 0.5) is 5.69 Å². The maximum atomic E-state index is 12.5. The molecule has 0 aliphatic rings. The van der Waals surface area contributed by atoms with Gasteiger partial charge in [0.15, 0.2) is 0 Å². The second kappa shape index (κ2) is 9.37. The number of carbonyl (C=O) groups is 2. The number of aromatic nitrogens is 2. The van der Waals surface area contributed by atoms with E-state index in [9.17, 15) is 9.59 Å². The van der Waals surface area contributed by atoms with Gasteiger partial charge >= 0.3 is 5.97 Å². The Labute approximate surface area is 176 Å². The summed E-state index contributed by atoms with van der Waals surface area (Å²) in [5, 5.41) is 7.46. The number of benzene rings is 2. The van der Waals surface area contributed by atoms with Gasteiger partial charge in [0.1, 0.15) is 0 Å². The molecular weight excluding hydrogens is 380 g/mol. The Morgan fingerprint density at radius 2 is 1.73 bits per heavy atom. The van der Waals surface area contributed by atoms with Gasteiger partial charge in [-0.25, -0.2) is 9.48 Å². The van der Waals surface area contributed by atoms with Crippen LogP contribution in [-0.2, 0) is 16.1 Å². The number of likely N-dealkylation sites (N-methyl/N-ethyl adjacent to an activating group) is 1. The molecular formula is C23H26N4O3. The van der Waals surface area contributed by atoms with Crippen molar-refractivity contribution in [2.75, 3.05) is 26.0 Å². The highest BCUT2D eigenvalue weighted by molar-refractivity contribution is 6.01. The number of nitrogens with zero attached hydrogens (tertiary/aromatic N) is 3. The number of ether oxygens (including phenoxy) is 1. The molecule has 3 rings (SSSR count). The van der Waals surface area contributed by atoms with E-state index in [1.54, 1.807) is 24.3 Å². The van der Waals surface area contributed by atoms with Crippen LogP contribution in [0.5, 0.6) is 0 Å². The van der Waals surface area contributed by atoms with E-state index >= 15 is 0 Å². The van der Waals surface area contributed by atoms with Crippen LogP contribution in [0.25, 0.3) is 5.69 Å². The van der Waals surface area contributed by atoms with E-state index in [1.807, 2.05) is 60.8 Å². The summed E-state index contributed by atoms with van der Waals surface area (Å²) < 4.78 is 6.70. The van der Waals surface area contributed by atoms with Crippen LogP contribution in [0.2, 0.25) is 0 Å². The number of rotatable bonds is 7. The first kappa shape index (κ1) is 21.3. The molecule has 1 N–H and O–H groups in total. The third-order valence-electron chi connectivity index (χ3n) is 4.89. The van der Waals surface area contributed by atoms with Gasteiger partial charge in [0, 0.05) is 17.8 Å². The summed E-state index contributed by atoms with van der Waals surface area (Å²) in [6, 6.07) is 16.7. The number of carbonyl (C=O) groups excluding carboxylic acids is 2. The van der Waals surface area contributed by atoms with Crippen molar-refractivity contribution in [3.05, 3.63) is 77.1 Å². The van der Waals surface area contributed by atoms with E-state index in [2.05, 4.69) is 10.4 Å². The highest BCUT2D eigenvalue weighted by Gasteiger charge is 2.17. The lowest BCUT2D eigenvalue weighted by molar-refractivity contribution is -0.117. The second-order valence-corrected chi connectivity index (χ2v) is 7.15. The molecule has 0 fully saturated rings. The third kappa shape index (κ3) is 4.75. The van der Waals surface area contributed by atoms with Gasteiger partial charge in [-0.05, 0) is 45.2 Å². The number of aryl methyl sites for hydroxylation is 1. The van der Waals surface area contributed by atoms with Crippen LogP contribution in [0, 0.1) is 13.8 Å². The number of methoxy groups -OCH3 is 1. The summed E-state index contributed by atoms with van der Waals surface area (Å²) in [4.78, 5) is 26.3. The van der Waals surface area contributed by atoms with Crippen LogP contribution in [0.3, 0.4) is 0 Å². The number of hydrogen-bond acceptors (Lipinski definition) is 5. The fourth-order valence-electron chi connectivity index (χ4n) is 3.37. The maximum absolute atomic E-state index is 12.5. The zero-order valence-corrected chi connectivity index (χ0v) is 17.7. The van der Waals surface area contributed by atoms with Gasteiger partial charge in [-0.2, -0.15) is 5.10 Å². The Hall–Kier alpha value is -3.45. The van der Waals surface area contributed by atoms with Gasteiger partial charge in [0.05, 0.1) is 36.3 Å². The third-order valence-corrected chi connectivity index (χ3v) is 4.89. The lowest BCUT2D eigenvalue weighted by Crippen LogP contribution is -2.30. The van der Waals surface area contributed by atoms with E-state index in [0.29, 0.717) is 17.8 Å². The van der Waals surface area contributed by atoms with Gasteiger partial charge in [0.25, 0.3) is 0 Å². The fraction of sp³-hybridized carbons (Fsp3) is 0.261. The molecule has 0 saturated heterocycles. The summed E-state index contributed by atoms with van der Waals surface area (Å²) in [5.74, 6) is -0.696. The van der Waals surface area contributed by atoms with Gasteiger partial charge in [-0.15, -0.1) is 0 Å². The molecule has 0 radical (unpaired) electrons. The summed E-state index contributed by atoms with van der Waals surface area (Å²) >= 11 is 0. The van der Waals surface area contributed by atoms with Crippen LogP contribution in [0.15, 0.2) is 54.6 Å². The SMILES string of the molecule is COC(=O)c1ccccc1NC(=O)CN(C)Cc1c(C)nn(-c2ccccc2)c1C. The standard InChI is InChI=1S/C23H26N4O3/c1-16-20(17(2)27(25-16)18-10-6-5-7-11-18)14-26(3)15-22(28)24-21-13-9-8-12-19(21)23(29)30-4/h5-13H,14-15H2,1-4H3,(H,24,28). The zero-order valence-electron chi connectivity index (χ0n) is 17.7. The second-order valence-electron chi connectivity index (χ2n) is 7.15. The minimum Gasteiger partial charge on any atom is -0.465 e. The highest BCUT2D eigenvalue weighted by atomic mass is 16.5. The van der Waals surface area contributed by atoms with Crippen molar-refractivity contribution in [2.45, 2.75) is 20.4 Å². The predicted octanol–water partition coefficient (Wildman–Crippen LogP) is 3.35. The summed E-state index contributed by atoms with van der Waals surface area (Å²) in [6.07, 6.45) is 0. The van der Waals surface area contributed by atoms with Crippen LogP contribution in [0.1, 0.15) is 27.3 Å². The normalized spacial score (nSPS) is 10.8. The average Bonchev–Trinajstić information content (AvgIpc) is 3.02. The molecule has 7 heteroatoms. The number of anilines is 1. The summed E-state index contributed by atoms with van der Waals surface area (Å²) in [5.41, 5.74) is 4.83. The molecule has 3 aromatic rings. The van der Waals surface area contributed by atoms with Crippen molar-refractivity contribution in [1.82, 2.24) is 14.7 Å². The maximum Gasteiger partial charge on any atom is 0.339 e. The van der Waals surface area contributed by atoms with E-state index in [1.165, 1.54) is 7.11 Å². The Morgan fingerprint density at radius 3 is 2.43 bits per heavy atom. The molecule has 0 unspecified atom stereocenters. The van der Waals surface area contributed by atoms with Crippen LogP contribution in [-0.4, -0.2) is 47.3 Å². The molecule has 0 saturated carbocycles. The van der Waals surface area contributed by atoms with Crippen LogP contribution < -0.4 is 5.32 Å². The molecule has 1 heterocycles. The van der Waals surface area contributed by atoms with E-state index in [-0.39, 0.29) is 12.5 Å². The van der Waals surface area contributed by atoms with Crippen molar-refractivity contribution in [2.24, 2.45) is 0 Å². The number of esters is 1. The number of nitrogens with one attached hydrogen (secondary N) is 1. The first-order chi connectivity index (χ1) is 14.4. The molecule has 0 aliphatic carbocycles. The van der Waals surface area contributed by atoms with Crippen molar-refractivity contribution in [3.8, 4) is 5.69 Å². The summed E-state index contributed by atoms with van der Waals surface area (Å²) in [7, 11) is 3.19. The van der Waals surface area contributed by atoms with E-state index in [0.717, 1.165) is 22.6 Å². The minimum atomic E-state index is -0.487. The fourth-order valence-corrected chi connectivity index (χ4v) is 3.37. The molecule has 7 nitrogen and oxygen atoms in total. The quantitative estimate of drug-likeness (QED) is 0.609. The Kier molecular flexibility index (Phi) is 6.64. The predicted molar refractivity (Wildman–Crippen MR) is 116 cm³/mol. The number of hydrogen-bond donors (Lipinski definition) is 1. The lowest BCUT2D eigenvalue weighted by atomic mass is 10.1. The van der Waals surface area contributed by atoms with Crippen molar-refractivity contribution < 1.29 is 14.3 Å². The van der Waals surface area contributed by atoms with Gasteiger partial charge < -0.3 is 10.1 Å². The first-order valence-electron chi connectivity index (χ1n) is 9.67. The van der Waals surface area contributed by atoms with Crippen molar-refractivity contribution in [1.29, 1.82) is 0 Å². The van der Waals surface area contributed by atoms with Gasteiger partial charge in [0.2, 0.25) is 5.91 Å². The van der Waals surface area contributed by atoms with Crippen molar-refractivity contribution in [3.63, 3.8) is 0 Å². The highest BCUT2D eigenvalue weighted by Crippen LogP contribution is 2.20. The van der Waals surface area contributed by atoms with Gasteiger partial charge in [-0.1, -0.05) is 30.3 Å². The molecule has 0 spiro atoms. The minimum absolute atomic E-state index is 0.172. The first-order valence-corrected chi connectivity index (χ1v) is 9.67. The van der Waals surface area contributed by atoms with E-state index < -0.39 is 5.97 Å². The molecule has 156 valence electrons. The topological polar surface area (TPSA) is 76.5 Å². The lowest BCUT2D eigenvalue weighted by Gasteiger charge is -2.17. The molecule has 0 aliphatic heterocycles. The largest absolute Gasteiger partial charge is 0.465 e. The molecule has 30 heavy (non-hydrogen) atoms. The van der Waals surface area contributed by atoms with Crippen LogP contribution >= 0.6 is 0 Å². The number of amides is 1. The van der Waals surface area contributed by atoms with Gasteiger partial charge in [-0.3, -0.25) is 9.69 Å². The Bertz CT molecular complexity index is 1040.